The summed E-state index contributed by atoms with van der Waals surface area (Å²) in [5, 5.41) is 4.00. The summed E-state index contributed by atoms with van der Waals surface area (Å²) in [5.74, 6) is -0.597. The highest BCUT2D eigenvalue weighted by Crippen LogP contribution is 2.21. The van der Waals surface area contributed by atoms with Gasteiger partial charge in [-0.2, -0.15) is 18.2 Å². The smallest absolute Gasteiger partial charge is 0.339 e. The molecule has 0 aliphatic carbocycles. The van der Waals surface area contributed by atoms with Crippen LogP contribution in [0.4, 0.5) is 0 Å². The molecule has 1 amide bonds. The predicted molar refractivity (Wildman–Crippen MR) is 161 cm³/mol. The van der Waals surface area contributed by atoms with Gasteiger partial charge >= 0.3 is 10.1 Å². The first kappa shape index (κ1) is 30.6. The number of sulfonamides is 1. The molecule has 0 unspecified atom stereocenters. The summed E-state index contributed by atoms with van der Waals surface area (Å²) in [6.07, 6.45) is 1.43. The number of nitrogens with one attached hydrogen (secondary N) is 2. The molecular weight excluding hydrogens is 574 g/mol. The average molecular weight is 606 g/mol. The Bertz CT molecular complexity index is 1790. The van der Waals surface area contributed by atoms with E-state index >= 15 is 0 Å². The van der Waals surface area contributed by atoms with Crippen molar-refractivity contribution in [1.29, 1.82) is 0 Å². The van der Waals surface area contributed by atoms with Crippen LogP contribution in [0.5, 0.6) is 5.75 Å². The van der Waals surface area contributed by atoms with Crippen LogP contribution in [-0.4, -0.2) is 35.0 Å². The minimum atomic E-state index is -4.06. The summed E-state index contributed by atoms with van der Waals surface area (Å²) in [5.41, 5.74) is 6.57. The Hall–Kier alpha value is -4.32. The first-order valence-corrected chi connectivity index (χ1v) is 15.9. The van der Waals surface area contributed by atoms with Gasteiger partial charge in [-0.05, 0) is 74.7 Å². The largest absolute Gasteiger partial charge is 0.379 e. The van der Waals surface area contributed by atoms with Crippen molar-refractivity contribution in [2.24, 2.45) is 5.10 Å². The van der Waals surface area contributed by atoms with E-state index < -0.39 is 32.1 Å². The lowest BCUT2D eigenvalue weighted by atomic mass is 10.1. The molecule has 4 aromatic rings. The zero-order valence-electron chi connectivity index (χ0n) is 23.3. The summed E-state index contributed by atoms with van der Waals surface area (Å²) in [6, 6.07) is 24.8. The second-order valence-corrected chi connectivity index (χ2v) is 13.1. The molecule has 0 saturated carbocycles. The van der Waals surface area contributed by atoms with Gasteiger partial charge in [0.2, 0.25) is 10.0 Å². The van der Waals surface area contributed by atoms with Crippen LogP contribution in [0.3, 0.4) is 0 Å². The lowest BCUT2D eigenvalue weighted by Gasteiger charge is -2.18. The van der Waals surface area contributed by atoms with Crippen LogP contribution < -0.4 is 14.3 Å². The second-order valence-electron chi connectivity index (χ2n) is 9.83. The number of benzene rings is 4. The first-order valence-electron chi connectivity index (χ1n) is 13.0. The molecule has 0 spiro atoms. The zero-order valence-corrected chi connectivity index (χ0v) is 24.9. The molecule has 2 N–H and O–H groups in total. The van der Waals surface area contributed by atoms with Crippen molar-refractivity contribution in [2.75, 3.05) is 0 Å². The van der Waals surface area contributed by atoms with Crippen LogP contribution in [-0.2, 0) is 31.4 Å². The van der Waals surface area contributed by atoms with E-state index in [9.17, 15) is 21.6 Å². The van der Waals surface area contributed by atoms with Crippen LogP contribution in [0.2, 0.25) is 0 Å². The van der Waals surface area contributed by atoms with Gasteiger partial charge in [-0.25, -0.2) is 13.8 Å². The SMILES string of the molecule is Cc1ccc(S(=O)(=O)N[C@H](Cc2ccc(OS(=O)(=O)c3ccc(C)cc3)cc2)C(=O)N/N=C/c2cccc(C)c2)cc1. The van der Waals surface area contributed by atoms with Gasteiger partial charge in [0.1, 0.15) is 16.7 Å². The van der Waals surface area contributed by atoms with E-state index in [1.54, 1.807) is 36.4 Å². The maximum atomic E-state index is 13.1. The van der Waals surface area contributed by atoms with Crippen molar-refractivity contribution >= 4 is 32.3 Å². The molecule has 11 heteroatoms. The summed E-state index contributed by atoms with van der Waals surface area (Å²) < 4.78 is 59.3. The van der Waals surface area contributed by atoms with E-state index in [1.807, 2.05) is 45.0 Å². The van der Waals surface area contributed by atoms with E-state index in [4.69, 9.17) is 4.18 Å². The van der Waals surface area contributed by atoms with Gasteiger partial charge in [-0.1, -0.05) is 77.4 Å². The summed E-state index contributed by atoms with van der Waals surface area (Å²) >= 11 is 0. The van der Waals surface area contributed by atoms with Gasteiger partial charge in [-0.15, -0.1) is 0 Å². The Morgan fingerprint density at radius 1 is 0.786 bits per heavy atom. The lowest BCUT2D eigenvalue weighted by Crippen LogP contribution is -2.46. The number of carbonyl (C=O) groups is 1. The molecule has 0 aromatic heterocycles. The summed E-state index contributed by atoms with van der Waals surface area (Å²) in [4.78, 5) is 13.2. The zero-order chi connectivity index (χ0) is 30.3. The quantitative estimate of drug-likeness (QED) is 0.148. The predicted octanol–water partition coefficient (Wildman–Crippen LogP) is 4.42. The fraction of sp³-hybridized carbons (Fsp3) is 0.161. The third-order valence-electron chi connectivity index (χ3n) is 6.25. The number of hydrazone groups is 1. The lowest BCUT2D eigenvalue weighted by molar-refractivity contribution is -0.122. The van der Waals surface area contributed by atoms with E-state index in [-0.39, 0.29) is 22.0 Å². The maximum Gasteiger partial charge on any atom is 0.339 e. The van der Waals surface area contributed by atoms with Crippen LogP contribution in [0.25, 0.3) is 0 Å². The number of aryl methyl sites for hydroxylation is 3. The Labute approximate surface area is 246 Å². The molecular formula is C31H31N3O6S2. The highest BCUT2D eigenvalue weighted by atomic mass is 32.2. The standard InChI is InChI=1S/C31H31N3O6S2/c1-22-7-15-28(16-8-22)41(36,37)34-30(31(35)33-32-21-26-6-4-5-24(3)19-26)20-25-11-13-27(14-12-25)40-42(38,39)29-17-9-23(2)10-18-29/h4-19,21,30,34H,20H2,1-3H3,(H,33,35)/b32-21+/t30-/m1/s1. The molecule has 9 nitrogen and oxygen atoms in total. The van der Waals surface area contributed by atoms with Crippen LogP contribution in [0.1, 0.15) is 27.8 Å². The van der Waals surface area contributed by atoms with Crippen molar-refractivity contribution in [3.63, 3.8) is 0 Å². The fourth-order valence-corrected chi connectivity index (χ4v) is 6.08. The number of amides is 1. The van der Waals surface area contributed by atoms with Crippen LogP contribution in [0, 0.1) is 20.8 Å². The molecule has 0 aliphatic rings. The van der Waals surface area contributed by atoms with Crippen molar-refractivity contribution in [1.82, 2.24) is 10.1 Å². The molecule has 0 heterocycles. The fourth-order valence-electron chi connectivity index (χ4n) is 3.96. The van der Waals surface area contributed by atoms with Gasteiger partial charge in [0.15, 0.2) is 0 Å². The molecule has 0 bridgehead atoms. The minimum absolute atomic E-state index is 0.0132. The van der Waals surface area contributed by atoms with Gasteiger partial charge in [0.25, 0.3) is 5.91 Å². The molecule has 42 heavy (non-hydrogen) atoms. The number of hydrogen-bond acceptors (Lipinski definition) is 7. The molecule has 4 aromatic carbocycles. The monoisotopic (exact) mass is 605 g/mol. The minimum Gasteiger partial charge on any atom is -0.379 e. The molecule has 0 fully saturated rings. The molecule has 0 aliphatic heterocycles. The highest BCUT2D eigenvalue weighted by Gasteiger charge is 2.26. The number of hydrogen-bond donors (Lipinski definition) is 2. The van der Waals surface area contributed by atoms with Crippen LogP contribution >= 0.6 is 0 Å². The first-order chi connectivity index (χ1) is 19.9. The number of nitrogens with zero attached hydrogens (tertiary/aromatic N) is 1. The Morgan fingerprint density at radius 2 is 1.38 bits per heavy atom. The Morgan fingerprint density at radius 3 is 1.98 bits per heavy atom. The normalized spacial score (nSPS) is 12.6. The van der Waals surface area contributed by atoms with Crippen LogP contribution in [0.15, 0.2) is 112 Å². The molecule has 4 rings (SSSR count). The second kappa shape index (κ2) is 13.1. The Balaban J connectivity index is 1.52. The van der Waals surface area contributed by atoms with Crippen molar-refractivity contribution < 1.29 is 25.8 Å². The van der Waals surface area contributed by atoms with E-state index in [1.165, 1.54) is 42.6 Å². The van der Waals surface area contributed by atoms with Crippen molar-refractivity contribution in [3.05, 3.63) is 125 Å². The number of carbonyl (C=O) groups excluding carboxylic acids is 1. The molecule has 0 saturated heterocycles. The highest BCUT2D eigenvalue weighted by molar-refractivity contribution is 7.89. The van der Waals surface area contributed by atoms with E-state index in [2.05, 4.69) is 15.2 Å². The van der Waals surface area contributed by atoms with Gasteiger partial charge < -0.3 is 4.18 Å². The third-order valence-corrected chi connectivity index (χ3v) is 9.00. The van der Waals surface area contributed by atoms with Gasteiger partial charge in [-0.3, -0.25) is 4.79 Å². The summed E-state index contributed by atoms with van der Waals surface area (Å²) in [6.45, 7) is 5.62. The number of rotatable bonds is 11. The van der Waals surface area contributed by atoms with Crippen molar-refractivity contribution in [3.8, 4) is 5.75 Å². The summed E-state index contributed by atoms with van der Waals surface area (Å²) in [7, 11) is -8.10. The average Bonchev–Trinajstić information content (AvgIpc) is 2.94. The van der Waals surface area contributed by atoms with E-state index in [0.29, 0.717) is 5.56 Å². The topological polar surface area (TPSA) is 131 Å². The Kier molecular flexibility index (Phi) is 9.56. The molecule has 0 radical (unpaired) electrons. The van der Waals surface area contributed by atoms with Gasteiger partial charge in [0, 0.05) is 0 Å². The maximum absolute atomic E-state index is 13.1. The van der Waals surface area contributed by atoms with Crippen molar-refractivity contribution in [2.45, 2.75) is 43.0 Å². The van der Waals surface area contributed by atoms with Gasteiger partial charge in [0.05, 0.1) is 11.1 Å². The van der Waals surface area contributed by atoms with E-state index in [0.717, 1.165) is 22.3 Å². The third kappa shape index (κ3) is 8.35. The molecule has 1 atom stereocenters. The molecule has 218 valence electrons.